The fraction of sp³-hybridized carbons (Fsp3) is 0.867. The molecule has 0 aromatic rings. The highest BCUT2D eigenvalue weighted by atomic mass is 14.0. The first-order valence-corrected chi connectivity index (χ1v) is 6.95. The second-order valence-electron chi connectivity index (χ2n) is 4.56. The van der Waals surface area contributed by atoms with Crippen molar-refractivity contribution in [2.75, 3.05) is 0 Å². The molecule has 0 saturated heterocycles. The van der Waals surface area contributed by atoms with Crippen LogP contribution in [-0.2, 0) is 0 Å². The van der Waals surface area contributed by atoms with Crippen LogP contribution in [0.1, 0.15) is 84.0 Å². The summed E-state index contributed by atoms with van der Waals surface area (Å²) < 4.78 is 0. The van der Waals surface area contributed by atoms with E-state index < -0.39 is 0 Å². The molecule has 15 heavy (non-hydrogen) atoms. The molecule has 0 fully saturated rings. The van der Waals surface area contributed by atoms with Crippen LogP contribution in [0.3, 0.4) is 0 Å². The van der Waals surface area contributed by atoms with Gasteiger partial charge in [0.2, 0.25) is 0 Å². The number of unbranched alkanes of at least 4 members (excludes halogenated alkanes) is 11. The molecule has 89 valence electrons. The maximum atomic E-state index is 5.32. The fourth-order valence-electron chi connectivity index (χ4n) is 1.93. The van der Waals surface area contributed by atoms with Crippen molar-refractivity contribution >= 4 is 0 Å². The zero-order valence-corrected chi connectivity index (χ0v) is 10.6. The van der Waals surface area contributed by atoms with Gasteiger partial charge in [-0.1, -0.05) is 83.8 Å². The van der Waals surface area contributed by atoms with E-state index in [9.17, 15) is 0 Å². The summed E-state index contributed by atoms with van der Waals surface area (Å²) in [4.78, 5) is 0. The maximum absolute atomic E-state index is 5.32. The lowest BCUT2D eigenvalue weighted by Gasteiger charge is -2.01. The summed E-state index contributed by atoms with van der Waals surface area (Å²) in [6.45, 7) is 7.60. The lowest BCUT2D eigenvalue weighted by Crippen LogP contribution is -1.81. The summed E-state index contributed by atoms with van der Waals surface area (Å²) >= 11 is 0. The van der Waals surface area contributed by atoms with Crippen molar-refractivity contribution in [2.24, 2.45) is 0 Å². The van der Waals surface area contributed by atoms with Crippen LogP contribution in [0.25, 0.3) is 0 Å². The highest BCUT2D eigenvalue weighted by molar-refractivity contribution is 4.61. The SMILES string of the molecule is [CH]=CCCCCCCCCCCCCC. The average Bonchev–Trinajstić information content (AvgIpc) is 2.26. The Bertz CT molecular complexity index is 115. The summed E-state index contributed by atoms with van der Waals surface area (Å²) in [5, 5.41) is 0. The molecule has 0 aliphatic heterocycles. The van der Waals surface area contributed by atoms with E-state index in [-0.39, 0.29) is 0 Å². The van der Waals surface area contributed by atoms with Gasteiger partial charge in [0.15, 0.2) is 0 Å². The average molecular weight is 209 g/mol. The first-order chi connectivity index (χ1) is 7.41. The van der Waals surface area contributed by atoms with Crippen molar-refractivity contribution in [2.45, 2.75) is 84.0 Å². The van der Waals surface area contributed by atoms with Crippen LogP contribution < -0.4 is 0 Å². The quantitative estimate of drug-likeness (QED) is 0.363. The Labute approximate surface area is 97.2 Å². The van der Waals surface area contributed by atoms with E-state index in [1.54, 1.807) is 6.08 Å². The second-order valence-corrected chi connectivity index (χ2v) is 4.56. The van der Waals surface area contributed by atoms with E-state index in [2.05, 4.69) is 6.92 Å². The van der Waals surface area contributed by atoms with Crippen LogP contribution in [0, 0.1) is 6.58 Å². The molecule has 0 amide bonds. The highest BCUT2D eigenvalue weighted by Gasteiger charge is 1.91. The van der Waals surface area contributed by atoms with Crippen molar-refractivity contribution in [3.05, 3.63) is 12.7 Å². The molecule has 0 heteroatoms. The second kappa shape index (κ2) is 13.7. The standard InChI is InChI=1S/C15H29/c1-3-5-7-9-11-13-15-14-12-10-8-6-4-2/h1,3H,4-15H2,2H3. The van der Waals surface area contributed by atoms with Crippen molar-refractivity contribution in [1.29, 1.82) is 0 Å². The predicted molar refractivity (Wildman–Crippen MR) is 69.9 cm³/mol. The molecule has 0 rings (SSSR count). The third kappa shape index (κ3) is 13.7. The van der Waals surface area contributed by atoms with Crippen LogP contribution in [0.5, 0.6) is 0 Å². The summed E-state index contributed by atoms with van der Waals surface area (Å²) in [6.07, 6.45) is 18.4. The van der Waals surface area contributed by atoms with E-state index in [1.807, 2.05) is 0 Å². The molecule has 0 atom stereocenters. The summed E-state index contributed by atoms with van der Waals surface area (Å²) in [6, 6.07) is 0. The van der Waals surface area contributed by atoms with E-state index in [1.165, 1.54) is 70.6 Å². The Morgan fingerprint density at radius 2 is 1.07 bits per heavy atom. The maximum Gasteiger partial charge on any atom is -0.0348 e. The molecule has 0 aliphatic rings. The minimum absolute atomic E-state index is 1.09. The summed E-state index contributed by atoms with van der Waals surface area (Å²) in [7, 11) is 0. The molecular weight excluding hydrogens is 180 g/mol. The van der Waals surface area contributed by atoms with Gasteiger partial charge in [0.1, 0.15) is 0 Å². The molecule has 0 aromatic heterocycles. The monoisotopic (exact) mass is 209 g/mol. The van der Waals surface area contributed by atoms with Gasteiger partial charge in [0, 0.05) is 0 Å². The molecule has 1 radical (unpaired) electrons. The van der Waals surface area contributed by atoms with Gasteiger partial charge < -0.3 is 0 Å². The van der Waals surface area contributed by atoms with Gasteiger partial charge in [0.25, 0.3) is 0 Å². The third-order valence-corrected chi connectivity index (χ3v) is 2.97. The number of hydrogen-bond acceptors (Lipinski definition) is 0. The zero-order valence-electron chi connectivity index (χ0n) is 10.6. The van der Waals surface area contributed by atoms with Crippen molar-refractivity contribution in [1.82, 2.24) is 0 Å². The molecular formula is C15H29. The Balaban J connectivity index is 2.83. The largest absolute Gasteiger partial charge is 0.0845 e. The number of hydrogen-bond donors (Lipinski definition) is 0. The molecule has 0 aromatic carbocycles. The molecule has 0 aliphatic carbocycles. The van der Waals surface area contributed by atoms with E-state index in [0.29, 0.717) is 0 Å². The number of rotatable bonds is 12. The minimum Gasteiger partial charge on any atom is -0.0845 e. The smallest absolute Gasteiger partial charge is 0.0348 e. The zero-order chi connectivity index (χ0) is 11.2. The van der Waals surface area contributed by atoms with E-state index in [4.69, 9.17) is 6.58 Å². The van der Waals surface area contributed by atoms with Crippen molar-refractivity contribution in [3.8, 4) is 0 Å². The normalized spacial score (nSPS) is 10.5. The third-order valence-electron chi connectivity index (χ3n) is 2.97. The van der Waals surface area contributed by atoms with Gasteiger partial charge in [-0.15, -0.1) is 0 Å². The van der Waals surface area contributed by atoms with Gasteiger partial charge in [-0.2, -0.15) is 0 Å². The molecule has 0 unspecified atom stereocenters. The summed E-state index contributed by atoms with van der Waals surface area (Å²) in [5.41, 5.74) is 0. The molecule has 0 N–H and O–H groups in total. The van der Waals surface area contributed by atoms with Crippen LogP contribution in [-0.4, -0.2) is 0 Å². The molecule has 0 saturated carbocycles. The van der Waals surface area contributed by atoms with E-state index >= 15 is 0 Å². The van der Waals surface area contributed by atoms with Crippen molar-refractivity contribution in [3.63, 3.8) is 0 Å². The lowest BCUT2D eigenvalue weighted by molar-refractivity contribution is 0.550. The number of allylic oxidation sites excluding steroid dienone is 1. The first kappa shape index (κ1) is 14.7. The Hall–Kier alpha value is -0.260. The fourth-order valence-corrected chi connectivity index (χ4v) is 1.93. The molecule has 0 bridgehead atoms. The van der Waals surface area contributed by atoms with Crippen LogP contribution in [0.4, 0.5) is 0 Å². The summed E-state index contributed by atoms with van der Waals surface area (Å²) in [5.74, 6) is 0. The Kier molecular flexibility index (Phi) is 13.5. The van der Waals surface area contributed by atoms with Gasteiger partial charge in [-0.3, -0.25) is 0 Å². The topological polar surface area (TPSA) is 0 Å². The van der Waals surface area contributed by atoms with Crippen LogP contribution >= 0.6 is 0 Å². The van der Waals surface area contributed by atoms with Crippen LogP contribution in [0.2, 0.25) is 0 Å². The molecule has 0 spiro atoms. The van der Waals surface area contributed by atoms with Gasteiger partial charge >= 0.3 is 0 Å². The molecule has 0 heterocycles. The Morgan fingerprint density at radius 1 is 0.667 bits per heavy atom. The lowest BCUT2D eigenvalue weighted by atomic mass is 10.1. The predicted octanol–water partition coefficient (Wildman–Crippen LogP) is 5.68. The van der Waals surface area contributed by atoms with Gasteiger partial charge in [0.05, 0.1) is 0 Å². The van der Waals surface area contributed by atoms with Crippen LogP contribution in [0.15, 0.2) is 6.08 Å². The first-order valence-electron chi connectivity index (χ1n) is 6.95. The van der Waals surface area contributed by atoms with Crippen molar-refractivity contribution < 1.29 is 0 Å². The van der Waals surface area contributed by atoms with E-state index in [0.717, 1.165) is 6.42 Å². The molecule has 0 nitrogen and oxygen atoms in total. The minimum atomic E-state index is 1.09. The van der Waals surface area contributed by atoms with Gasteiger partial charge in [-0.25, -0.2) is 0 Å². The Morgan fingerprint density at radius 3 is 1.47 bits per heavy atom. The highest BCUT2D eigenvalue weighted by Crippen LogP contribution is 2.11. The van der Waals surface area contributed by atoms with Gasteiger partial charge in [-0.05, 0) is 12.8 Å².